The van der Waals surface area contributed by atoms with E-state index in [9.17, 15) is 4.39 Å². The summed E-state index contributed by atoms with van der Waals surface area (Å²) in [4.78, 5) is 4.10. The maximum absolute atomic E-state index is 12.8. The molecular formula is C9H6FNS2. The lowest BCUT2D eigenvalue weighted by Gasteiger charge is -1.94. The van der Waals surface area contributed by atoms with Gasteiger partial charge < -0.3 is 0 Å². The van der Waals surface area contributed by atoms with Gasteiger partial charge in [-0.25, -0.2) is 9.37 Å². The normalized spacial score (nSPS) is 10.3. The van der Waals surface area contributed by atoms with E-state index in [4.69, 9.17) is 0 Å². The second-order valence-electron chi connectivity index (χ2n) is 2.51. The number of thiol groups is 1. The number of hydrogen-bond donors (Lipinski definition) is 1. The third kappa shape index (κ3) is 1.89. The Morgan fingerprint density at radius 3 is 2.85 bits per heavy atom. The van der Waals surface area contributed by atoms with Crippen molar-refractivity contribution in [1.29, 1.82) is 0 Å². The molecule has 0 aliphatic carbocycles. The van der Waals surface area contributed by atoms with E-state index in [1.807, 2.05) is 6.07 Å². The van der Waals surface area contributed by atoms with E-state index in [0.29, 0.717) is 0 Å². The van der Waals surface area contributed by atoms with Crippen LogP contribution >= 0.6 is 24.0 Å². The highest BCUT2D eigenvalue weighted by Gasteiger charge is 2.02. The second kappa shape index (κ2) is 3.47. The van der Waals surface area contributed by atoms with Gasteiger partial charge in [0.15, 0.2) is 0 Å². The molecule has 0 atom stereocenters. The molecule has 1 aromatic heterocycles. The van der Waals surface area contributed by atoms with Crippen molar-refractivity contribution in [2.75, 3.05) is 0 Å². The molecule has 66 valence electrons. The fourth-order valence-corrected chi connectivity index (χ4v) is 1.99. The Kier molecular flexibility index (Phi) is 2.33. The largest absolute Gasteiger partial charge is 0.243 e. The first-order chi connectivity index (χ1) is 6.25. The van der Waals surface area contributed by atoms with E-state index in [0.717, 1.165) is 14.8 Å². The van der Waals surface area contributed by atoms with Gasteiger partial charge in [0.2, 0.25) is 0 Å². The van der Waals surface area contributed by atoms with Crippen molar-refractivity contribution >= 4 is 24.0 Å². The average molecular weight is 211 g/mol. The molecule has 0 N–H and O–H groups in total. The van der Waals surface area contributed by atoms with Crippen molar-refractivity contribution in [2.24, 2.45) is 0 Å². The summed E-state index contributed by atoms with van der Waals surface area (Å²) in [5.41, 5.74) is 0.797. The van der Waals surface area contributed by atoms with Crippen LogP contribution in [0.25, 0.3) is 10.6 Å². The number of halogens is 1. The molecule has 0 fully saturated rings. The van der Waals surface area contributed by atoms with Gasteiger partial charge in [-0.15, -0.1) is 24.0 Å². The summed E-state index contributed by atoms with van der Waals surface area (Å²) >= 11 is 5.58. The zero-order valence-electron chi connectivity index (χ0n) is 6.57. The van der Waals surface area contributed by atoms with Gasteiger partial charge >= 0.3 is 0 Å². The van der Waals surface area contributed by atoms with Gasteiger partial charge in [-0.05, 0) is 12.1 Å². The molecule has 2 rings (SSSR count). The smallest absolute Gasteiger partial charge is 0.124 e. The van der Waals surface area contributed by atoms with Gasteiger partial charge in [-0.3, -0.25) is 0 Å². The number of rotatable bonds is 1. The van der Waals surface area contributed by atoms with Crippen molar-refractivity contribution in [2.45, 2.75) is 4.21 Å². The lowest BCUT2D eigenvalue weighted by molar-refractivity contribution is 0.628. The van der Waals surface area contributed by atoms with E-state index >= 15 is 0 Å². The van der Waals surface area contributed by atoms with Crippen LogP contribution in [0.5, 0.6) is 0 Å². The van der Waals surface area contributed by atoms with Crippen molar-refractivity contribution in [1.82, 2.24) is 4.98 Å². The maximum Gasteiger partial charge on any atom is 0.124 e. The number of nitrogens with zero attached hydrogens (tertiary/aromatic N) is 1. The van der Waals surface area contributed by atoms with Gasteiger partial charge in [0.05, 0.1) is 10.4 Å². The summed E-state index contributed by atoms with van der Waals surface area (Å²) in [5, 5.41) is 0.796. The lowest BCUT2D eigenvalue weighted by Crippen LogP contribution is -1.77. The zero-order chi connectivity index (χ0) is 9.26. The second-order valence-corrected chi connectivity index (χ2v) is 4.33. The summed E-state index contributed by atoms with van der Waals surface area (Å²) in [5.74, 6) is -0.242. The molecule has 13 heavy (non-hydrogen) atoms. The minimum absolute atomic E-state index is 0.242. The Balaban J connectivity index is 2.46. The average Bonchev–Trinajstić information content (AvgIpc) is 2.52. The van der Waals surface area contributed by atoms with E-state index in [1.165, 1.54) is 23.5 Å². The minimum atomic E-state index is -0.242. The van der Waals surface area contributed by atoms with Crippen LogP contribution < -0.4 is 0 Å². The van der Waals surface area contributed by atoms with Crippen LogP contribution in [0.1, 0.15) is 0 Å². The highest BCUT2D eigenvalue weighted by atomic mass is 32.2. The van der Waals surface area contributed by atoms with Gasteiger partial charge in [-0.2, -0.15) is 0 Å². The predicted octanol–water partition coefficient (Wildman–Crippen LogP) is 3.24. The Bertz CT molecular complexity index is 425. The van der Waals surface area contributed by atoms with Gasteiger partial charge in [0.1, 0.15) is 10.8 Å². The standard InChI is InChI=1S/C9H6FNS2/c10-7-3-1-2-6(4-7)9-11-5-8(12)13-9/h1-5,12H. The third-order valence-corrected chi connectivity index (χ3v) is 2.80. The summed E-state index contributed by atoms with van der Waals surface area (Å²) in [7, 11) is 0. The van der Waals surface area contributed by atoms with E-state index < -0.39 is 0 Å². The molecule has 0 bridgehead atoms. The third-order valence-electron chi connectivity index (χ3n) is 1.57. The summed E-state index contributed by atoms with van der Waals surface area (Å²) < 4.78 is 13.7. The van der Waals surface area contributed by atoms with Crippen LogP contribution in [0.15, 0.2) is 34.7 Å². The molecule has 0 saturated heterocycles. The molecule has 0 aliphatic heterocycles. The van der Waals surface area contributed by atoms with Crippen LogP contribution in [-0.2, 0) is 0 Å². The van der Waals surface area contributed by atoms with Crippen LogP contribution in [0.4, 0.5) is 4.39 Å². The molecule has 0 amide bonds. The number of aromatic nitrogens is 1. The molecule has 0 unspecified atom stereocenters. The first kappa shape index (κ1) is 8.72. The molecule has 1 heterocycles. The maximum atomic E-state index is 12.8. The summed E-state index contributed by atoms with van der Waals surface area (Å²) in [6, 6.07) is 6.38. The Labute approximate surface area is 84.7 Å². The van der Waals surface area contributed by atoms with Gasteiger partial charge in [-0.1, -0.05) is 12.1 Å². The molecule has 1 aromatic carbocycles. The minimum Gasteiger partial charge on any atom is -0.243 e. The van der Waals surface area contributed by atoms with E-state index in [-0.39, 0.29) is 5.82 Å². The summed E-state index contributed by atoms with van der Waals surface area (Å²) in [6.45, 7) is 0. The van der Waals surface area contributed by atoms with Crippen LogP contribution in [0, 0.1) is 5.82 Å². The summed E-state index contributed by atoms with van der Waals surface area (Å²) in [6.07, 6.45) is 1.66. The Morgan fingerprint density at radius 2 is 2.23 bits per heavy atom. The number of hydrogen-bond acceptors (Lipinski definition) is 3. The fraction of sp³-hybridized carbons (Fsp3) is 0. The Hall–Kier alpha value is -0.870. The molecule has 0 aliphatic rings. The van der Waals surface area contributed by atoms with Gasteiger partial charge in [0, 0.05) is 5.56 Å². The molecule has 4 heteroatoms. The Morgan fingerprint density at radius 1 is 1.38 bits per heavy atom. The van der Waals surface area contributed by atoms with Crippen LogP contribution in [-0.4, -0.2) is 4.98 Å². The number of thiazole rings is 1. The molecule has 1 nitrogen and oxygen atoms in total. The monoisotopic (exact) mass is 211 g/mol. The molecule has 2 aromatic rings. The fourth-order valence-electron chi connectivity index (χ4n) is 1.02. The molecular weight excluding hydrogens is 205 g/mol. The van der Waals surface area contributed by atoms with Crippen LogP contribution in [0.2, 0.25) is 0 Å². The van der Waals surface area contributed by atoms with Crippen LogP contribution in [0.3, 0.4) is 0 Å². The number of benzene rings is 1. The quantitative estimate of drug-likeness (QED) is 0.714. The SMILES string of the molecule is Fc1cccc(-c2ncc(S)s2)c1. The highest BCUT2D eigenvalue weighted by molar-refractivity contribution is 7.83. The molecule has 0 radical (unpaired) electrons. The lowest BCUT2D eigenvalue weighted by atomic mass is 10.2. The first-order valence-electron chi connectivity index (χ1n) is 3.66. The van der Waals surface area contributed by atoms with E-state index in [2.05, 4.69) is 17.6 Å². The molecule has 0 saturated carbocycles. The van der Waals surface area contributed by atoms with Crippen molar-refractivity contribution in [3.63, 3.8) is 0 Å². The topological polar surface area (TPSA) is 12.9 Å². The van der Waals surface area contributed by atoms with Crippen molar-refractivity contribution < 1.29 is 4.39 Å². The van der Waals surface area contributed by atoms with Crippen molar-refractivity contribution in [3.8, 4) is 10.6 Å². The highest BCUT2D eigenvalue weighted by Crippen LogP contribution is 2.27. The first-order valence-corrected chi connectivity index (χ1v) is 4.93. The van der Waals surface area contributed by atoms with E-state index in [1.54, 1.807) is 12.3 Å². The zero-order valence-corrected chi connectivity index (χ0v) is 8.28. The predicted molar refractivity (Wildman–Crippen MR) is 54.8 cm³/mol. The molecule has 0 spiro atoms. The van der Waals surface area contributed by atoms with Gasteiger partial charge in [0.25, 0.3) is 0 Å². The van der Waals surface area contributed by atoms with Crippen molar-refractivity contribution in [3.05, 3.63) is 36.3 Å².